The van der Waals surface area contributed by atoms with Crippen molar-refractivity contribution in [1.82, 2.24) is 9.55 Å². The maximum atomic E-state index is 13.3. The van der Waals surface area contributed by atoms with Crippen LogP contribution in [0, 0.1) is 10.6 Å². The first-order chi connectivity index (χ1) is 9.72. The van der Waals surface area contributed by atoms with Gasteiger partial charge in [-0.2, -0.15) is 0 Å². The lowest BCUT2D eigenvalue weighted by atomic mass is 10.2. The van der Waals surface area contributed by atoms with Gasteiger partial charge in [-0.3, -0.25) is 4.57 Å². The summed E-state index contributed by atoms with van der Waals surface area (Å²) in [6.07, 6.45) is 0. The van der Waals surface area contributed by atoms with Crippen LogP contribution in [0.25, 0.3) is 26.8 Å². The fourth-order valence-electron chi connectivity index (χ4n) is 2.43. The van der Waals surface area contributed by atoms with Crippen LogP contribution in [0.4, 0.5) is 4.39 Å². The van der Waals surface area contributed by atoms with Crippen LogP contribution in [0.2, 0.25) is 0 Å². The number of H-pyrrole nitrogens is 1. The van der Waals surface area contributed by atoms with Gasteiger partial charge in [-0.05, 0) is 65.4 Å². The largest absolute Gasteiger partial charge is 0.330 e. The van der Waals surface area contributed by atoms with Crippen LogP contribution in [0.1, 0.15) is 0 Å². The predicted molar refractivity (Wildman–Crippen MR) is 83.8 cm³/mol. The van der Waals surface area contributed by atoms with Gasteiger partial charge in [0, 0.05) is 10.4 Å². The van der Waals surface area contributed by atoms with Gasteiger partial charge in [0.2, 0.25) is 0 Å². The van der Waals surface area contributed by atoms with E-state index in [0.717, 1.165) is 11.2 Å². The molecule has 0 aliphatic carbocycles. The van der Waals surface area contributed by atoms with Gasteiger partial charge in [0.25, 0.3) is 0 Å². The van der Waals surface area contributed by atoms with Crippen LogP contribution < -0.4 is 0 Å². The number of thiophene rings is 1. The SMILES string of the molecule is Fc1ccc2c(c1)[nH]c(=S)n2-c1ccc2sccc2c1. The van der Waals surface area contributed by atoms with Crippen molar-refractivity contribution in [1.29, 1.82) is 0 Å². The molecular weight excluding hydrogens is 291 g/mol. The second-order valence-electron chi connectivity index (χ2n) is 4.57. The minimum atomic E-state index is -0.269. The summed E-state index contributed by atoms with van der Waals surface area (Å²) in [5, 5.41) is 3.25. The zero-order valence-corrected chi connectivity index (χ0v) is 11.9. The third kappa shape index (κ3) is 1.71. The summed E-state index contributed by atoms with van der Waals surface area (Å²) in [5.41, 5.74) is 2.57. The fraction of sp³-hybridized carbons (Fsp3) is 0. The zero-order valence-electron chi connectivity index (χ0n) is 10.3. The van der Waals surface area contributed by atoms with Crippen molar-refractivity contribution in [2.45, 2.75) is 0 Å². The number of nitrogens with one attached hydrogen (secondary N) is 1. The molecule has 0 unspecified atom stereocenters. The van der Waals surface area contributed by atoms with Gasteiger partial charge in [0.1, 0.15) is 5.82 Å². The third-order valence-corrected chi connectivity index (χ3v) is 4.52. The molecule has 0 aliphatic heterocycles. The molecule has 2 aromatic heterocycles. The maximum Gasteiger partial charge on any atom is 0.182 e. The monoisotopic (exact) mass is 300 g/mol. The molecule has 0 radical (unpaired) electrons. The molecule has 0 atom stereocenters. The number of benzene rings is 2. The molecular formula is C15H9FN2S2. The lowest BCUT2D eigenvalue weighted by Crippen LogP contribution is -1.93. The van der Waals surface area contributed by atoms with Crippen LogP contribution in [0.5, 0.6) is 0 Å². The van der Waals surface area contributed by atoms with E-state index in [9.17, 15) is 4.39 Å². The maximum absolute atomic E-state index is 13.3. The second kappa shape index (κ2) is 4.26. The number of aromatic amines is 1. The number of aromatic nitrogens is 2. The fourth-order valence-corrected chi connectivity index (χ4v) is 3.52. The molecule has 4 rings (SSSR count). The number of rotatable bonds is 1. The minimum Gasteiger partial charge on any atom is -0.330 e. The molecule has 0 saturated carbocycles. The van der Waals surface area contributed by atoms with E-state index in [4.69, 9.17) is 12.2 Å². The summed E-state index contributed by atoms with van der Waals surface area (Å²) in [6.45, 7) is 0. The Morgan fingerprint density at radius 1 is 1.10 bits per heavy atom. The van der Waals surface area contributed by atoms with Crippen LogP contribution in [0.15, 0.2) is 47.8 Å². The van der Waals surface area contributed by atoms with Crippen molar-refractivity contribution in [2.24, 2.45) is 0 Å². The van der Waals surface area contributed by atoms with Crippen molar-refractivity contribution in [3.8, 4) is 5.69 Å². The molecule has 0 fully saturated rings. The van der Waals surface area contributed by atoms with Crippen molar-refractivity contribution in [3.05, 3.63) is 58.4 Å². The quantitative estimate of drug-likeness (QED) is 0.488. The lowest BCUT2D eigenvalue weighted by Gasteiger charge is -2.04. The Morgan fingerprint density at radius 3 is 2.90 bits per heavy atom. The number of imidazole rings is 1. The summed E-state index contributed by atoms with van der Waals surface area (Å²) >= 11 is 7.08. The van der Waals surface area contributed by atoms with E-state index in [1.165, 1.54) is 22.2 Å². The molecule has 2 aromatic carbocycles. The second-order valence-corrected chi connectivity index (χ2v) is 5.90. The molecule has 4 aromatic rings. The Morgan fingerprint density at radius 2 is 2.00 bits per heavy atom. The molecule has 1 N–H and O–H groups in total. The van der Waals surface area contributed by atoms with Gasteiger partial charge in [-0.15, -0.1) is 11.3 Å². The molecule has 0 saturated heterocycles. The van der Waals surface area contributed by atoms with Gasteiger partial charge < -0.3 is 4.98 Å². The number of nitrogens with zero attached hydrogens (tertiary/aromatic N) is 1. The molecule has 2 heterocycles. The van der Waals surface area contributed by atoms with E-state index in [1.807, 2.05) is 10.6 Å². The number of halogens is 1. The normalized spacial score (nSPS) is 11.4. The summed E-state index contributed by atoms with van der Waals surface area (Å²) < 4.78 is 17.0. The highest BCUT2D eigenvalue weighted by Gasteiger charge is 2.08. The van der Waals surface area contributed by atoms with E-state index in [2.05, 4.69) is 28.6 Å². The molecule has 0 amide bonds. The van der Waals surface area contributed by atoms with Crippen LogP contribution in [0.3, 0.4) is 0 Å². The van der Waals surface area contributed by atoms with E-state index in [0.29, 0.717) is 10.3 Å². The molecule has 0 aliphatic rings. The Labute approximate surface area is 123 Å². The third-order valence-electron chi connectivity index (χ3n) is 3.34. The van der Waals surface area contributed by atoms with E-state index in [1.54, 1.807) is 17.4 Å². The first-order valence-electron chi connectivity index (χ1n) is 6.10. The molecule has 0 bridgehead atoms. The van der Waals surface area contributed by atoms with Crippen LogP contribution in [-0.2, 0) is 0 Å². The van der Waals surface area contributed by atoms with Crippen molar-refractivity contribution < 1.29 is 4.39 Å². The summed E-state index contributed by atoms with van der Waals surface area (Å²) in [6, 6.07) is 13.0. The predicted octanol–water partition coefficient (Wildman–Crippen LogP) is 5.04. The van der Waals surface area contributed by atoms with Crippen LogP contribution >= 0.6 is 23.6 Å². The van der Waals surface area contributed by atoms with E-state index in [-0.39, 0.29) is 5.82 Å². The summed E-state index contributed by atoms with van der Waals surface area (Å²) in [4.78, 5) is 3.05. The molecule has 98 valence electrons. The van der Waals surface area contributed by atoms with Crippen LogP contribution in [-0.4, -0.2) is 9.55 Å². The van der Waals surface area contributed by atoms with Gasteiger partial charge >= 0.3 is 0 Å². The number of fused-ring (bicyclic) bond motifs is 2. The number of hydrogen-bond acceptors (Lipinski definition) is 2. The highest BCUT2D eigenvalue weighted by Crippen LogP contribution is 2.26. The molecule has 2 nitrogen and oxygen atoms in total. The van der Waals surface area contributed by atoms with Gasteiger partial charge in [-0.1, -0.05) is 0 Å². The molecule has 0 spiro atoms. The first kappa shape index (κ1) is 11.8. The Hall–Kier alpha value is -1.98. The Balaban J connectivity index is 2.05. The van der Waals surface area contributed by atoms with E-state index < -0.39 is 0 Å². The summed E-state index contributed by atoms with van der Waals surface area (Å²) in [5.74, 6) is -0.269. The van der Waals surface area contributed by atoms with Gasteiger partial charge in [0.05, 0.1) is 11.0 Å². The Kier molecular flexibility index (Phi) is 2.52. The summed E-state index contributed by atoms with van der Waals surface area (Å²) in [7, 11) is 0. The lowest BCUT2D eigenvalue weighted by molar-refractivity contribution is 0.629. The smallest absolute Gasteiger partial charge is 0.182 e. The van der Waals surface area contributed by atoms with Crippen molar-refractivity contribution in [2.75, 3.05) is 0 Å². The highest BCUT2D eigenvalue weighted by atomic mass is 32.1. The number of hydrogen-bond donors (Lipinski definition) is 1. The van der Waals surface area contributed by atoms with Crippen molar-refractivity contribution in [3.63, 3.8) is 0 Å². The molecule has 5 heteroatoms. The van der Waals surface area contributed by atoms with Crippen molar-refractivity contribution >= 4 is 44.7 Å². The Bertz CT molecular complexity index is 994. The van der Waals surface area contributed by atoms with E-state index >= 15 is 0 Å². The first-order valence-corrected chi connectivity index (χ1v) is 7.39. The highest BCUT2D eigenvalue weighted by molar-refractivity contribution is 7.71. The van der Waals surface area contributed by atoms with Gasteiger partial charge in [-0.25, -0.2) is 4.39 Å². The van der Waals surface area contributed by atoms with Gasteiger partial charge in [0.15, 0.2) is 4.77 Å². The standard InChI is InChI=1S/C15H9FN2S2/c16-10-1-3-13-12(8-10)17-15(19)18(13)11-2-4-14-9(7-11)5-6-20-14/h1-8H,(H,17,19). The average Bonchev–Trinajstić information content (AvgIpc) is 3.00. The zero-order chi connectivity index (χ0) is 13.7. The molecule has 20 heavy (non-hydrogen) atoms. The topological polar surface area (TPSA) is 20.7 Å². The minimum absolute atomic E-state index is 0.269. The average molecular weight is 300 g/mol.